The van der Waals surface area contributed by atoms with E-state index in [9.17, 15) is 24.4 Å². The Morgan fingerprint density at radius 3 is 2.58 bits per heavy atom. The van der Waals surface area contributed by atoms with Gasteiger partial charge in [0.25, 0.3) is 5.91 Å². The molecule has 0 aliphatic heterocycles. The number of nitro benzene ring substituents is 1. The van der Waals surface area contributed by atoms with Crippen LogP contribution in [0.5, 0.6) is 5.75 Å². The summed E-state index contributed by atoms with van der Waals surface area (Å²) in [5, 5.41) is 23.4. The SMILES string of the molecule is Cc1oc2cc([N+](=O)[O-])c(O)cc2c1C(=O)Nc1ccc(F)cc1. The summed E-state index contributed by atoms with van der Waals surface area (Å²) < 4.78 is 18.3. The Morgan fingerprint density at radius 1 is 1.29 bits per heavy atom. The minimum absolute atomic E-state index is 0.112. The fourth-order valence-electron chi connectivity index (χ4n) is 2.40. The average molecular weight is 330 g/mol. The number of hydrogen-bond acceptors (Lipinski definition) is 5. The van der Waals surface area contributed by atoms with E-state index in [2.05, 4.69) is 5.32 Å². The number of halogens is 1. The van der Waals surface area contributed by atoms with Crippen molar-refractivity contribution in [1.82, 2.24) is 0 Å². The Kier molecular flexibility index (Phi) is 3.64. The van der Waals surface area contributed by atoms with Crippen molar-refractivity contribution < 1.29 is 23.6 Å². The Morgan fingerprint density at radius 2 is 1.96 bits per heavy atom. The topological polar surface area (TPSA) is 106 Å². The summed E-state index contributed by atoms with van der Waals surface area (Å²) in [6.07, 6.45) is 0. The van der Waals surface area contributed by atoms with Crippen LogP contribution in [0.15, 0.2) is 40.8 Å². The van der Waals surface area contributed by atoms with Gasteiger partial charge in [0.1, 0.15) is 17.2 Å². The molecule has 2 N–H and O–H groups in total. The van der Waals surface area contributed by atoms with Crippen molar-refractivity contribution in [3.05, 3.63) is 63.7 Å². The normalized spacial score (nSPS) is 10.8. The zero-order chi connectivity index (χ0) is 17.4. The number of phenols is 1. The Balaban J connectivity index is 2.03. The first kappa shape index (κ1) is 15.5. The van der Waals surface area contributed by atoms with Gasteiger partial charge in [0.15, 0.2) is 5.75 Å². The second kappa shape index (κ2) is 5.65. The minimum Gasteiger partial charge on any atom is -0.502 e. The molecule has 0 unspecified atom stereocenters. The summed E-state index contributed by atoms with van der Waals surface area (Å²) in [7, 11) is 0. The van der Waals surface area contributed by atoms with Crippen molar-refractivity contribution in [3.8, 4) is 5.75 Å². The fourth-order valence-corrected chi connectivity index (χ4v) is 2.40. The van der Waals surface area contributed by atoms with E-state index in [-0.39, 0.29) is 22.3 Å². The molecule has 0 aliphatic rings. The van der Waals surface area contributed by atoms with Gasteiger partial charge >= 0.3 is 5.69 Å². The predicted molar refractivity (Wildman–Crippen MR) is 83.6 cm³/mol. The number of anilines is 1. The maximum atomic E-state index is 12.9. The lowest BCUT2D eigenvalue weighted by Gasteiger charge is -2.05. The maximum Gasteiger partial charge on any atom is 0.314 e. The van der Waals surface area contributed by atoms with Crippen LogP contribution in [0.4, 0.5) is 15.8 Å². The highest BCUT2D eigenvalue weighted by Crippen LogP contribution is 2.35. The molecule has 122 valence electrons. The number of furan rings is 1. The molecule has 3 aromatic rings. The summed E-state index contributed by atoms with van der Waals surface area (Å²) >= 11 is 0. The number of carbonyl (C=O) groups is 1. The van der Waals surface area contributed by atoms with E-state index >= 15 is 0 Å². The molecule has 1 heterocycles. The molecule has 0 saturated heterocycles. The van der Waals surface area contributed by atoms with Crippen LogP contribution in [-0.2, 0) is 0 Å². The summed E-state index contributed by atoms with van der Waals surface area (Å²) in [5.41, 5.74) is 0.115. The number of benzene rings is 2. The summed E-state index contributed by atoms with van der Waals surface area (Å²) in [6, 6.07) is 7.37. The number of aromatic hydroxyl groups is 1. The van der Waals surface area contributed by atoms with Crippen LogP contribution < -0.4 is 5.32 Å². The molecule has 2 aromatic carbocycles. The highest BCUT2D eigenvalue weighted by molar-refractivity contribution is 6.13. The third-order valence-corrected chi connectivity index (χ3v) is 3.49. The minimum atomic E-state index is -0.745. The fraction of sp³-hybridized carbons (Fsp3) is 0.0625. The molecule has 0 atom stereocenters. The van der Waals surface area contributed by atoms with E-state index in [1.807, 2.05) is 0 Å². The lowest BCUT2D eigenvalue weighted by molar-refractivity contribution is -0.385. The monoisotopic (exact) mass is 330 g/mol. The maximum absolute atomic E-state index is 12.9. The largest absolute Gasteiger partial charge is 0.502 e. The van der Waals surface area contributed by atoms with Crippen molar-refractivity contribution in [2.75, 3.05) is 5.32 Å². The van der Waals surface area contributed by atoms with E-state index in [4.69, 9.17) is 4.42 Å². The van der Waals surface area contributed by atoms with Crippen LogP contribution in [-0.4, -0.2) is 15.9 Å². The molecule has 0 aliphatic carbocycles. The summed E-state index contributed by atoms with van der Waals surface area (Å²) in [5.74, 6) is -1.30. The van der Waals surface area contributed by atoms with Crippen LogP contribution >= 0.6 is 0 Å². The number of carbonyl (C=O) groups excluding carboxylic acids is 1. The van der Waals surface area contributed by atoms with Crippen molar-refractivity contribution in [1.29, 1.82) is 0 Å². The number of amides is 1. The molecular weight excluding hydrogens is 319 g/mol. The number of fused-ring (bicyclic) bond motifs is 1. The molecule has 8 heteroatoms. The molecular formula is C16H11FN2O5. The van der Waals surface area contributed by atoms with Gasteiger partial charge in [-0.3, -0.25) is 14.9 Å². The van der Waals surface area contributed by atoms with Crippen molar-refractivity contribution in [3.63, 3.8) is 0 Å². The zero-order valence-electron chi connectivity index (χ0n) is 12.4. The van der Waals surface area contributed by atoms with E-state index in [1.165, 1.54) is 31.2 Å². The number of nitrogens with one attached hydrogen (secondary N) is 1. The van der Waals surface area contributed by atoms with E-state index in [0.29, 0.717) is 5.69 Å². The smallest absolute Gasteiger partial charge is 0.314 e. The molecule has 0 bridgehead atoms. The number of rotatable bonds is 3. The number of hydrogen-bond donors (Lipinski definition) is 2. The van der Waals surface area contributed by atoms with Crippen molar-refractivity contribution in [2.45, 2.75) is 6.92 Å². The van der Waals surface area contributed by atoms with Gasteiger partial charge in [0.2, 0.25) is 0 Å². The number of phenolic OH excluding ortho intramolecular Hbond substituents is 1. The van der Waals surface area contributed by atoms with Gasteiger partial charge in [-0.15, -0.1) is 0 Å². The average Bonchev–Trinajstić information content (AvgIpc) is 2.83. The molecule has 0 fully saturated rings. The Bertz CT molecular complexity index is 963. The molecule has 1 aromatic heterocycles. The summed E-state index contributed by atoms with van der Waals surface area (Å²) in [6.45, 7) is 1.53. The van der Waals surface area contributed by atoms with Gasteiger partial charge in [-0.1, -0.05) is 0 Å². The standard InChI is InChI=1S/C16H11FN2O5/c1-8-15(16(21)18-10-4-2-9(17)3-5-10)11-6-13(20)12(19(22)23)7-14(11)24-8/h2-7,20H,1H3,(H,18,21). The first-order valence-electron chi connectivity index (χ1n) is 6.84. The molecule has 0 saturated carbocycles. The van der Waals surface area contributed by atoms with Gasteiger partial charge in [0.05, 0.1) is 16.6 Å². The van der Waals surface area contributed by atoms with E-state index in [1.54, 1.807) is 0 Å². The molecule has 1 amide bonds. The van der Waals surface area contributed by atoms with E-state index < -0.39 is 28.1 Å². The third kappa shape index (κ3) is 2.65. The van der Waals surface area contributed by atoms with Crippen molar-refractivity contribution in [2.24, 2.45) is 0 Å². The predicted octanol–water partition coefficient (Wildman–Crippen LogP) is 3.75. The van der Waals surface area contributed by atoms with Crippen LogP contribution in [0.2, 0.25) is 0 Å². The highest BCUT2D eigenvalue weighted by atomic mass is 19.1. The molecule has 7 nitrogen and oxygen atoms in total. The van der Waals surface area contributed by atoms with Gasteiger partial charge < -0.3 is 14.8 Å². The van der Waals surface area contributed by atoms with Gasteiger partial charge in [-0.2, -0.15) is 0 Å². The number of aryl methyl sites for hydroxylation is 1. The first-order valence-corrected chi connectivity index (χ1v) is 6.84. The highest BCUT2D eigenvalue weighted by Gasteiger charge is 2.23. The van der Waals surface area contributed by atoms with Crippen LogP contribution in [0.1, 0.15) is 16.1 Å². The Hall–Kier alpha value is -3.42. The van der Waals surface area contributed by atoms with Crippen LogP contribution in [0, 0.1) is 22.9 Å². The first-order chi connectivity index (χ1) is 11.4. The lowest BCUT2D eigenvalue weighted by atomic mass is 10.1. The van der Waals surface area contributed by atoms with Gasteiger partial charge in [-0.25, -0.2) is 4.39 Å². The molecule has 3 rings (SSSR count). The Labute approximate surface area is 134 Å². The number of nitro groups is 1. The second-order valence-electron chi connectivity index (χ2n) is 5.09. The van der Waals surface area contributed by atoms with E-state index in [0.717, 1.165) is 12.1 Å². The second-order valence-corrected chi connectivity index (χ2v) is 5.09. The third-order valence-electron chi connectivity index (χ3n) is 3.49. The molecule has 0 radical (unpaired) electrons. The van der Waals surface area contributed by atoms with Crippen molar-refractivity contribution >= 4 is 28.3 Å². The quantitative estimate of drug-likeness (QED) is 0.562. The van der Waals surface area contributed by atoms with Crippen LogP contribution in [0.3, 0.4) is 0 Å². The lowest BCUT2D eigenvalue weighted by Crippen LogP contribution is -2.12. The van der Waals surface area contributed by atoms with Gasteiger partial charge in [-0.05, 0) is 37.3 Å². The molecule has 24 heavy (non-hydrogen) atoms. The summed E-state index contributed by atoms with van der Waals surface area (Å²) in [4.78, 5) is 22.6. The van der Waals surface area contributed by atoms with Gasteiger partial charge in [0, 0.05) is 11.1 Å². The molecule has 0 spiro atoms. The number of nitrogens with zero attached hydrogens (tertiary/aromatic N) is 1. The van der Waals surface area contributed by atoms with Crippen LogP contribution in [0.25, 0.3) is 11.0 Å². The zero-order valence-corrected chi connectivity index (χ0v) is 12.4.